The predicted molar refractivity (Wildman–Crippen MR) is 64.8 cm³/mol. The van der Waals surface area contributed by atoms with Gasteiger partial charge in [0.2, 0.25) is 0 Å². The number of benzene rings is 1. The lowest BCUT2D eigenvalue weighted by molar-refractivity contribution is -0.136. The van der Waals surface area contributed by atoms with Crippen LogP contribution in [0.2, 0.25) is 0 Å². The maximum Gasteiger partial charge on any atom is 0.311 e. The quantitative estimate of drug-likeness (QED) is 0.850. The van der Waals surface area contributed by atoms with E-state index in [4.69, 9.17) is 5.11 Å². The first-order chi connectivity index (χ1) is 8.06. The van der Waals surface area contributed by atoms with Gasteiger partial charge in [0, 0.05) is 5.56 Å². The van der Waals surface area contributed by atoms with Gasteiger partial charge in [-0.2, -0.15) is 0 Å². The summed E-state index contributed by atoms with van der Waals surface area (Å²) in [5.74, 6) is -0.403. The van der Waals surface area contributed by atoms with Crippen LogP contribution in [0.15, 0.2) is 24.4 Å². The van der Waals surface area contributed by atoms with Crippen LogP contribution in [0.5, 0.6) is 0 Å². The highest BCUT2D eigenvalue weighted by atomic mass is 16.4. The van der Waals surface area contributed by atoms with Crippen molar-refractivity contribution in [1.82, 2.24) is 9.97 Å². The normalized spacial score (nSPS) is 10.5. The fraction of sp³-hybridized carbons (Fsp3) is 0.231. The van der Waals surface area contributed by atoms with Crippen molar-refractivity contribution in [2.24, 2.45) is 0 Å². The summed E-state index contributed by atoms with van der Waals surface area (Å²) in [5, 5.41) is 8.69. The molecule has 4 nitrogen and oxygen atoms in total. The van der Waals surface area contributed by atoms with Crippen molar-refractivity contribution < 1.29 is 9.90 Å². The van der Waals surface area contributed by atoms with E-state index >= 15 is 0 Å². The average Bonchev–Trinajstić information content (AvgIpc) is 2.69. The van der Waals surface area contributed by atoms with Crippen molar-refractivity contribution in [2.75, 3.05) is 0 Å². The van der Waals surface area contributed by atoms with Crippen LogP contribution in [-0.2, 0) is 11.2 Å². The van der Waals surface area contributed by atoms with Gasteiger partial charge in [0.15, 0.2) is 0 Å². The van der Waals surface area contributed by atoms with E-state index in [-0.39, 0.29) is 6.42 Å². The molecule has 0 radical (unpaired) electrons. The van der Waals surface area contributed by atoms with E-state index in [1.54, 1.807) is 6.20 Å². The van der Waals surface area contributed by atoms with Crippen molar-refractivity contribution in [3.05, 3.63) is 41.3 Å². The van der Waals surface area contributed by atoms with E-state index in [2.05, 4.69) is 16.0 Å². The van der Waals surface area contributed by atoms with Crippen LogP contribution in [0.1, 0.15) is 17.0 Å². The molecule has 1 aromatic heterocycles. The molecule has 2 N–H and O–H groups in total. The minimum atomic E-state index is -0.883. The molecule has 17 heavy (non-hydrogen) atoms. The summed E-state index contributed by atoms with van der Waals surface area (Å²) in [6.45, 7) is 4.05. The minimum Gasteiger partial charge on any atom is -0.481 e. The number of imidazole rings is 1. The van der Waals surface area contributed by atoms with E-state index in [9.17, 15) is 4.79 Å². The molecular weight excluding hydrogens is 216 g/mol. The highest BCUT2D eigenvalue weighted by Crippen LogP contribution is 2.22. The van der Waals surface area contributed by atoms with Gasteiger partial charge in [-0.1, -0.05) is 17.7 Å². The summed E-state index contributed by atoms with van der Waals surface area (Å²) in [6.07, 6.45) is 1.60. The van der Waals surface area contributed by atoms with Crippen molar-refractivity contribution in [3.8, 4) is 11.3 Å². The van der Waals surface area contributed by atoms with Gasteiger partial charge in [0.05, 0.1) is 11.9 Å². The standard InChI is InChI=1S/C13H14N2O2/c1-8-3-4-9(2)10(5-8)11-7-14-12(15-11)6-13(16)17/h3-5,7H,6H2,1-2H3,(H,14,15)(H,16,17). The SMILES string of the molecule is Cc1ccc(C)c(-c2cnc(CC(=O)O)[nH]2)c1. The topological polar surface area (TPSA) is 66.0 Å². The van der Waals surface area contributed by atoms with Crippen LogP contribution < -0.4 is 0 Å². The molecule has 0 atom stereocenters. The number of carboxylic acid groups (broad SMARTS) is 1. The zero-order chi connectivity index (χ0) is 12.4. The number of aliphatic carboxylic acids is 1. The number of hydrogen-bond acceptors (Lipinski definition) is 2. The molecular formula is C13H14N2O2. The van der Waals surface area contributed by atoms with Gasteiger partial charge in [-0.05, 0) is 25.5 Å². The average molecular weight is 230 g/mol. The van der Waals surface area contributed by atoms with Crippen LogP contribution in [0.25, 0.3) is 11.3 Å². The number of nitrogens with zero attached hydrogens (tertiary/aromatic N) is 1. The molecule has 0 aliphatic rings. The molecule has 0 unspecified atom stereocenters. The number of carboxylic acids is 1. The fourth-order valence-electron chi connectivity index (χ4n) is 1.76. The summed E-state index contributed by atoms with van der Waals surface area (Å²) in [6, 6.07) is 6.16. The number of rotatable bonds is 3. The number of hydrogen-bond donors (Lipinski definition) is 2. The molecule has 0 fully saturated rings. The van der Waals surface area contributed by atoms with Crippen LogP contribution in [0.3, 0.4) is 0 Å². The molecule has 88 valence electrons. The van der Waals surface area contributed by atoms with Crippen LogP contribution in [-0.4, -0.2) is 21.0 Å². The third-order valence-electron chi connectivity index (χ3n) is 2.63. The van der Waals surface area contributed by atoms with E-state index in [0.29, 0.717) is 5.82 Å². The van der Waals surface area contributed by atoms with Crippen LogP contribution in [0.4, 0.5) is 0 Å². The molecule has 0 saturated heterocycles. The zero-order valence-corrected chi connectivity index (χ0v) is 9.82. The lowest BCUT2D eigenvalue weighted by Crippen LogP contribution is -2.01. The Morgan fingerprint density at radius 1 is 1.41 bits per heavy atom. The molecule has 0 saturated carbocycles. The van der Waals surface area contributed by atoms with E-state index < -0.39 is 5.97 Å². The molecule has 0 aliphatic carbocycles. The molecule has 0 spiro atoms. The van der Waals surface area contributed by atoms with Gasteiger partial charge in [-0.15, -0.1) is 0 Å². The summed E-state index contributed by atoms with van der Waals surface area (Å²) in [7, 11) is 0. The summed E-state index contributed by atoms with van der Waals surface area (Å²) in [4.78, 5) is 17.7. The number of aryl methyl sites for hydroxylation is 2. The number of aromatic amines is 1. The summed E-state index contributed by atoms with van der Waals surface area (Å²) < 4.78 is 0. The number of aromatic nitrogens is 2. The first kappa shape index (κ1) is 11.4. The summed E-state index contributed by atoms with van der Waals surface area (Å²) >= 11 is 0. The fourth-order valence-corrected chi connectivity index (χ4v) is 1.76. The highest BCUT2D eigenvalue weighted by Gasteiger charge is 2.08. The van der Waals surface area contributed by atoms with Crippen LogP contribution in [0, 0.1) is 13.8 Å². The number of H-pyrrole nitrogens is 1. The van der Waals surface area contributed by atoms with Crippen molar-refractivity contribution in [2.45, 2.75) is 20.3 Å². The molecule has 0 bridgehead atoms. The Morgan fingerprint density at radius 3 is 2.88 bits per heavy atom. The second-order valence-corrected chi connectivity index (χ2v) is 4.13. The minimum absolute atomic E-state index is 0.0785. The molecule has 0 aliphatic heterocycles. The van der Waals surface area contributed by atoms with Gasteiger partial charge in [0.1, 0.15) is 12.2 Å². The zero-order valence-electron chi connectivity index (χ0n) is 9.82. The van der Waals surface area contributed by atoms with Crippen molar-refractivity contribution >= 4 is 5.97 Å². The molecule has 2 rings (SSSR count). The Labute approximate surface area is 99.3 Å². The Morgan fingerprint density at radius 2 is 2.18 bits per heavy atom. The van der Waals surface area contributed by atoms with E-state index in [0.717, 1.165) is 16.8 Å². The number of nitrogens with one attached hydrogen (secondary N) is 1. The molecule has 0 amide bonds. The van der Waals surface area contributed by atoms with Gasteiger partial charge >= 0.3 is 5.97 Å². The smallest absolute Gasteiger partial charge is 0.311 e. The molecule has 4 heteroatoms. The van der Waals surface area contributed by atoms with Gasteiger partial charge < -0.3 is 10.1 Å². The van der Waals surface area contributed by atoms with Gasteiger partial charge in [-0.25, -0.2) is 4.98 Å². The van der Waals surface area contributed by atoms with Gasteiger partial charge in [0.25, 0.3) is 0 Å². The molecule has 1 aromatic carbocycles. The molecule has 2 aromatic rings. The maximum atomic E-state index is 10.6. The first-order valence-corrected chi connectivity index (χ1v) is 5.39. The molecule has 1 heterocycles. The maximum absolute atomic E-state index is 10.6. The lowest BCUT2D eigenvalue weighted by Gasteiger charge is -2.04. The summed E-state index contributed by atoms with van der Waals surface area (Å²) in [5.41, 5.74) is 4.23. The Balaban J connectivity index is 2.36. The van der Waals surface area contributed by atoms with Crippen LogP contribution >= 0.6 is 0 Å². The van der Waals surface area contributed by atoms with Gasteiger partial charge in [-0.3, -0.25) is 4.79 Å². The second-order valence-electron chi connectivity index (χ2n) is 4.13. The third kappa shape index (κ3) is 2.53. The third-order valence-corrected chi connectivity index (χ3v) is 2.63. The lowest BCUT2D eigenvalue weighted by atomic mass is 10.0. The predicted octanol–water partition coefficient (Wildman–Crippen LogP) is 2.32. The second kappa shape index (κ2) is 4.41. The first-order valence-electron chi connectivity index (χ1n) is 5.39. The largest absolute Gasteiger partial charge is 0.481 e. The monoisotopic (exact) mass is 230 g/mol. The van der Waals surface area contributed by atoms with E-state index in [1.807, 2.05) is 26.0 Å². The Kier molecular flexibility index (Phi) is 2.95. The van der Waals surface area contributed by atoms with Crippen molar-refractivity contribution in [1.29, 1.82) is 0 Å². The number of carbonyl (C=O) groups is 1. The Hall–Kier alpha value is -2.10. The highest BCUT2D eigenvalue weighted by molar-refractivity contribution is 5.70. The van der Waals surface area contributed by atoms with E-state index in [1.165, 1.54) is 5.56 Å². The van der Waals surface area contributed by atoms with Crippen molar-refractivity contribution in [3.63, 3.8) is 0 Å². The Bertz CT molecular complexity index is 558.